The maximum atomic E-state index is 14.2. The Hall–Kier alpha value is -4.69. The van der Waals surface area contributed by atoms with Gasteiger partial charge in [0.2, 0.25) is 0 Å². The molecule has 206 valence electrons. The van der Waals surface area contributed by atoms with Gasteiger partial charge in [-0.2, -0.15) is 0 Å². The van der Waals surface area contributed by atoms with Gasteiger partial charge in [0, 0.05) is 34.8 Å². The maximum absolute atomic E-state index is 14.2. The maximum Gasteiger partial charge on any atom is 0.338 e. The second-order valence-corrected chi connectivity index (χ2v) is 10.6. The van der Waals surface area contributed by atoms with Crippen molar-refractivity contribution in [1.82, 2.24) is 9.13 Å². The number of benzene rings is 3. The highest BCUT2D eigenvalue weighted by Gasteiger charge is 2.35. The molecule has 0 radical (unpaired) electrons. The van der Waals surface area contributed by atoms with Crippen LogP contribution < -0.4 is 19.6 Å². The quantitative estimate of drug-likeness (QED) is 0.264. The minimum Gasteiger partial charge on any atom is -0.497 e. The summed E-state index contributed by atoms with van der Waals surface area (Å²) < 4.78 is 15.4. The molecule has 5 aromatic rings. The Morgan fingerprint density at radius 1 is 1.02 bits per heavy atom. The van der Waals surface area contributed by atoms with Crippen LogP contribution in [-0.4, -0.2) is 28.8 Å². The van der Waals surface area contributed by atoms with Crippen molar-refractivity contribution in [1.29, 1.82) is 0 Å². The summed E-state index contributed by atoms with van der Waals surface area (Å²) in [6.07, 6.45) is 4.00. The molecule has 1 atom stereocenters. The van der Waals surface area contributed by atoms with Crippen molar-refractivity contribution in [3.05, 3.63) is 127 Å². The van der Waals surface area contributed by atoms with Gasteiger partial charge in [-0.05, 0) is 43.7 Å². The van der Waals surface area contributed by atoms with Crippen LogP contribution in [0.25, 0.3) is 22.7 Å². The number of para-hydroxylation sites is 1. The van der Waals surface area contributed by atoms with Crippen LogP contribution in [0.3, 0.4) is 0 Å². The van der Waals surface area contributed by atoms with Gasteiger partial charge >= 0.3 is 5.97 Å². The monoisotopic (exact) mass is 563 g/mol. The Bertz CT molecular complexity index is 1980. The number of methoxy groups -OCH3 is 1. The Morgan fingerprint density at radius 2 is 1.80 bits per heavy atom. The summed E-state index contributed by atoms with van der Waals surface area (Å²) in [4.78, 5) is 33.3. The first-order chi connectivity index (χ1) is 20.0. The zero-order valence-electron chi connectivity index (χ0n) is 23.0. The number of fused-ring (bicyclic) bond motifs is 2. The summed E-state index contributed by atoms with van der Waals surface area (Å²) in [5, 5.41) is 1.07. The number of esters is 1. The third-order valence-corrected chi connectivity index (χ3v) is 8.21. The van der Waals surface area contributed by atoms with Crippen molar-refractivity contribution in [2.45, 2.75) is 26.4 Å². The van der Waals surface area contributed by atoms with E-state index in [1.165, 1.54) is 11.3 Å². The number of aryl methyl sites for hydroxylation is 1. The van der Waals surface area contributed by atoms with Crippen LogP contribution in [0.5, 0.6) is 5.75 Å². The Morgan fingerprint density at radius 3 is 2.56 bits per heavy atom. The number of rotatable bonds is 7. The van der Waals surface area contributed by atoms with Crippen molar-refractivity contribution in [3.8, 4) is 5.75 Å². The second-order valence-electron chi connectivity index (χ2n) is 9.60. The molecule has 1 aliphatic rings. The number of thiazole rings is 1. The molecule has 8 heteroatoms. The fraction of sp³-hybridized carbons (Fsp3) is 0.182. The summed E-state index contributed by atoms with van der Waals surface area (Å²) in [6, 6.07) is 24.4. The lowest BCUT2D eigenvalue weighted by atomic mass is 9.93. The second kappa shape index (κ2) is 11.1. The van der Waals surface area contributed by atoms with E-state index >= 15 is 0 Å². The van der Waals surface area contributed by atoms with Gasteiger partial charge in [-0.15, -0.1) is 0 Å². The molecule has 0 saturated heterocycles. The van der Waals surface area contributed by atoms with Gasteiger partial charge in [0.05, 0.1) is 35.6 Å². The molecule has 41 heavy (non-hydrogen) atoms. The van der Waals surface area contributed by atoms with Gasteiger partial charge in [0.1, 0.15) is 5.75 Å². The molecule has 0 amide bonds. The smallest absolute Gasteiger partial charge is 0.338 e. The number of nitrogens with zero attached hydrogens (tertiary/aromatic N) is 3. The minimum absolute atomic E-state index is 0.196. The SMILES string of the molecule is CCOC(=O)C1=C(c2ccccc2)N=c2s/c(=C/c3cn(CC)c4ccccc34)c(=O)n2[C@@H]1c1cccc(OC)c1. The first kappa shape index (κ1) is 26.5. The van der Waals surface area contributed by atoms with Gasteiger partial charge in [-0.1, -0.05) is 72.0 Å². The van der Waals surface area contributed by atoms with Gasteiger partial charge in [-0.25, -0.2) is 9.79 Å². The highest BCUT2D eigenvalue weighted by molar-refractivity contribution is 7.07. The van der Waals surface area contributed by atoms with Crippen molar-refractivity contribution in [2.24, 2.45) is 4.99 Å². The number of hydrogen-bond acceptors (Lipinski definition) is 6. The predicted molar refractivity (Wildman–Crippen MR) is 162 cm³/mol. The van der Waals surface area contributed by atoms with E-state index < -0.39 is 12.0 Å². The number of ether oxygens (including phenoxy) is 2. The molecule has 0 N–H and O–H groups in total. The van der Waals surface area contributed by atoms with Gasteiger partial charge < -0.3 is 14.0 Å². The Labute approximate surface area is 240 Å². The lowest BCUT2D eigenvalue weighted by Gasteiger charge is -2.26. The molecule has 0 saturated carbocycles. The zero-order valence-corrected chi connectivity index (χ0v) is 23.9. The van der Waals surface area contributed by atoms with Crippen molar-refractivity contribution in [2.75, 3.05) is 13.7 Å². The van der Waals surface area contributed by atoms with Gasteiger partial charge in [0.15, 0.2) is 4.80 Å². The molecule has 3 heterocycles. The van der Waals surface area contributed by atoms with E-state index in [4.69, 9.17) is 14.5 Å². The summed E-state index contributed by atoms with van der Waals surface area (Å²) in [6.45, 7) is 4.87. The average molecular weight is 564 g/mol. The van der Waals surface area contributed by atoms with Crippen LogP contribution in [0.4, 0.5) is 0 Å². The number of hydrogen-bond donors (Lipinski definition) is 0. The van der Waals surface area contributed by atoms with E-state index in [-0.39, 0.29) is 12.2 Å². The van der Waals surface area contributed by atoms with Gasteiger partial charge in [-0.3, -0.25) is 9.36 Å². The van der Waals surface area contributed by atoms with E-state index in [2.05, 4.69) is 29.8 Å². The van der Waals surface area contributed by atoms with Crippen molar-refractivity contribution >= 4 is 40.0 Å². The van der Waals surface area contributed by atoms with E-state index in [0.29, 0.717) is 26.4 Å². The van der Waals surface area contributed by atoms with Crippen molar-refractivity contribution in [3.63, 3.8) is 0 Å². The summed E-state index contributed by atoms with van der Waals surface area (Å²) in [5.41, 5.74) is 4.15. The largest absolute Gasteiger partial charge is 0.497 e. The highest BCUT2D eigenvalue weighted by Crippen LogP contribution is 2.36. The molecule has 0 aliphatic carbocycles. The number of aromatic nitrogens is 2. The molecule has 3 aromatic carbocycles. The van der Waals surface area contributed by atoms with E-state index in [1.54, 1.807) is 18.6 Å². The van der Waals surface area contributed by atoms with Crippen molar-refractivity contribution < 1.29 is 14.3 Å². The highest BCUT2D eigenvalue weighted by atomic mass is 32.1. The first-order valence-electron chi connectivity index (χ1n) is 13.5. The summed E-state index contributed by atoms with van der Waals surface area (Å²) in [5.74, 6) is 0.113. The molecular weight excluding hydrogens is 534 g/mol. The normalized spacial score (nSPS) is 15.1. The molecule has 0 fully saturated rings. The Balaban J connectivity index is 1.66. The number of carbonyl (C=O) groups is 1. The predicted octanol–water partition coefficient (Wildman–Crippen LogP) is 4.92. The van der Waals surface area contributed by atoms with Crippen LogP contribution in [0.1, 0.15) is 36.6 Å². The van der Waals surface area contributed by atoms with E-state index in [1.807, 2.05) is 72.8 Å². The molecule has 0 unspecified atom stereocenters. The molecule has 6 rings (SSSR count). The zero-order chi connectivity index (χ0) is 28.5. The third-order valence-electron chi connectivity index (χ3n) is 7.23. The average Bonchev–Trinajstić information content (AvgIpc) is 3.53. The third kappa shape index (κ3) is 4.70. The van der Waals surface area contributed by atoms with Crippen LogP contribution in [0.2, 0.25) is 0 Å². The fourth-order valence-corrected chi connectivity index (χ4v) is 6.35. The summed E-state index contributed by atoms with van der Waals surface area (Å²) in [7, 11) is 1.59. The van der Waals surface area contributed by atoms with Crippen LogP contribution >= 0.6 is 11.3 Å². The Kier molecular flexibility index (Phi) is 7.15. The molecule has 1 aliphatic heterocycles. The standard InChI is InChI=1S/C33H29N3O4S/c1-4-35-20-23(25-16-9-10-17-26(25)35)19-27-31(37)36-30(22-14-11-15-24(18-22)39-3)28(32(38)40-5-2)29(34-33(36)41-27)21-12-7-6-8-13-21/h6-20,30H,4-5H2,1-3H3/b27-19+/t30-/m1/s1. The molecule has 7 nitrogen and oxygen atoms in total. The first-order valence-corrected chi connectivity index (χ1v) is 14.4. The van der Waals surface area contributed by atoms with E-state index in [9.17, 15) is 9.59 Å². The van der Waals surface area contributed by atoms with Crippen LogP contribution in [-0.2, 0) is 16.1 Å². The minimum atomic E-state index is -0.755. The molecular formula is C33H29N3O4S. The topological polar surface area (TPSA) is 74.8 Å². The lowest BCUT2D eigenvalue weighted by Crippen LogP contribution is -2.40. The van der Waals surface area contributed by atoms with Crippen LogP contribution in [0.15, 0.2) is 100 Å². The molecule has 0 spiro atoms. The summed E-state index contributed by atoms with van der Waals surface area (Å²) >= 11 is 1.32. The molecule has 0 bridgehead atoms. The number of carbonyl (C=O) groups excluding carboxylic acids is 1. The van der Waals surface area contributed by atoms with Gasteiger partial charge in [0.25, 0.3) is 5.56 Å². The molecule has 2 aromatic heterocycles. The van der Waals surface area contributed by atoms with Crippen LogP contribution in [0, 0.1) is 0 Å². The fourth-order valence-electron chi connectivity index (χ4n) is 5.36. The lowest BCUT2D eigenvalue weighted by molar-refractivity contribution is -0.138. The van der Waals surface area contributed by atoms with E-state index in [0.717, 1.165) is 34.1 Å².